The summed E-state index contributed by atoms with van der Waals surface area (Å²) in [6.07, 6.45) is 71.5. The number of hydrogen-bond donors (Lipinski definition) is 3. The van der Waals surface area contributed by atoms with Crippen molar-refractivity contribution in [3.05, 3.63) is 24.3 Å². The summed E-state index contributed by atoms with van der Waals surface area (Å²) < 4.78 is 68.8. The third kappa shape index (κ3) is 77.5. The van der Waals surface area contributed by atoms with Crippen LogP contribution >= 0.6 is 15.6 Å². The molecule has 0 aliphatic rings. The molecule has 103 heavy (non-hydrogen) atoms. The van der Waals surface area contributed by atoms with Gasteiger partial charge in [-0.1, -0.05) is 374 Å². The number of ether oxygens (including phenoxy) is 4. The highest BCUT2D eigenvalue weighted by atomic mass is 31.2. The highest BCUT2D eigenvalue weighted by molar-refractivity contribution is 7.47. The van der Waals surface area contributed by atoms with E-state index in [0.29, 0.717) is 25.7 Å². The van der Waals surface area contributed by atoms with Crippen molar-refractivity contribution in [1.29, 1.82) is 0 Å². The van der Waals surface area contributed by atoms with Gasteiger partial charge in [0.05, 0.1) is 26.4 Å². The summed E-state index contributed by atoms with van der Waals surface area (Å²) in [4.78, 5) is 73.1. The molecule has 0 aromatic carbocycles. The Hall–Kier alpha value is -2.46. The standard InChI is InChI=1S/C84H160O17P2/c1-6-9-12-15-18-21-24-27-29-30-31-32-34-40-45-50-55-60-65-70-84(89)101-80(74-95-82(87)68-63-58-53-48-43-38-36-35-37-41-46-51-56-61-66-77(4)5)76-99-103(92,93)97-72-78(85)71-96-102(90,91)98-75-79(73-94-81(86)67-62-57-52-47-42-26-23-20-17-14-11-8-3)100-83(88)69-64-59-54-49-44-39-33-28-25-22-19-16-13-10-7-2/h22,25,28,33,77-80,85H,6-21,23-24,26-27,29-32,34-76H2,1-5H3,(H,90,91)(H,92,93)/b25-22-,33-28-/t78-,79+,80+/m0/s1. The molecule has 0 aromatic heterocycles. The number of allylic oxidation sites excluding steroid dienone is 4. The Morgan fingerprint density at radius 1 is 0.301 bits per heavy atom. The summed E-state index contributed by atoms with van der Waals surface area (Å²) in [5, 5.41) is 10.7. The predicted octanol–water partition coefficient (Wildman–Crippen LogP) is 25.1. The number of carbonyl (C=O) groups is 4. The second-order valence-electron chi connectivity index (χ2n) is 30.0. The van der Waals surface area contributed by atoms with Gasteiger partial charge < -0.3 is 33.8 Å². The van der Waals surface area contributed by atoms with Crippen molar-refractivity contribution in [2.24, 2.45) is 5.92 Å². The molecule has 0 bridgehead atoms. The Kier molecular flexibility index (Phi) is 74.5. The number of unbranched alkanes of at least 4 members (excludes halogenated alkanes) is 51. The highest BCUT2D eigenvalue weighted by Gasteiger charge is 2.30. The molecule has 17 nitrogen and oxygen atoms in total. The van der Waals surface area contributed by atoms with E-state index in [1.807, 2.05) is 0 Å². The normalized spacial score (nSPS) is 14.0. The van der Waals surface area contributed by atoms with Crippen LogP contribution in [0.5, 0.6) is 0 Å². The van der Waals surface area contributed by atoms with E-state index in [0.717, 1.165) is 109 Å². The summed E-state index contributed by atoms with van der Waals surface area (Å²) in [5.74, 6) is -1.33. The Morgan fingerprint density at radius 2 is 0.524 bits per heavy atom. The molecule has 0 aliphatic carbocycles. The number of phosphoric acid groups is 2. The number of esters is 4. The van der Waals surface area contributed by atoms with Gasteiger partial charge in [0, 0.05) is 25.7 Å². The van der Waals surface area contributed by atoms with Crippen molar-refractivity contribution in [2.75, 3.05) is 39.6 Å². The lowest BCUT2D eigenvalue weighted by atomic mass is 10.0. The van der Waals surface area contributed by atoms with Crippen LogP contribution in [0.15, 0.2) is 24.3 Å². The van der Waals surface area contributed by atoms with Gasteiger partial charge in [-0.3, -0.25) is 37.3 Å². The van der Waals surface area contributed by atoms with E-state index >= 15 is 0 Å². The minimum Gasteiger partial charge on any atom is -0.462 e. The van der Waals surface area contributed by atoms with Crippen molar-refractivity contribution in [3.63, 3.8) is 0 Å². The van der Waals surface area contributed by atoms with Gasteiger partial charge in [0.25, 0.3) is 0 Å². The van der Waals surface area contributed by atoms with Gasteiger partial charge in [0.1, 0.15) is 19.3 Å². The molecule has 0 aromatic rings. The van der Waals surface area contributed by atoms with Crippen LogP contribution in [0, 0.1) is 5.92 Å². The summed E-state index contributed by atoms with van der Waals surface area (Å²) in [7, 11) is -9.94. The molecule has 19 heteroatoms. The van der Waals surface area contributed by atoms with Gasteiger partial charge in [-0.05, 0) is 57.3 Å². The summed E-state index contributed by atoms with van der Waals surface area (Å²) in [6.45, 7) is 7.31. The van der Waals surface area contributed by atoms with Crippen LogP contribution in [0.2, 0.25) is 0 Å². The van der Waals surface area contributed by atoms with E-state index in [1.54, 1.807) is 0 Å². The fraction of sp³-hybridized carbons (Fsp3) is 0.905. The molecule has 0 saturated carbocycles. The molecule has 0 saturated heterocycles. The van der Waals surface area contributed by atoms with Crippen molar-refractivity contribution in [1.82, 2.24) is 0 Å². The van der Waals surface area contributed by atoms with E-state index < -0.39 is 97.5 Å². The van der Waals surface area contributed by atoms with Gasteiger partial charge in [-0.25, -0.2) is 9.13 Å². The number of carbonyl (C=O) groups excluding carboxylic acids is 4. The summed E-state index contributed by atoms with van der Waals surface area (Å²) in [6, 6.07) is 0. The van der Waals surface area contributed by atoms with Crippen LogP contribution < -0.4 is 0 Å². The number of rotatable bonds is 82. The van der Waals surface area contributed by atoms with Crippen LogP contribution in [0.1, 0.15) is 426 Å². The Balaban J connectivity index is 5.29. The van der Waals surface area contributed by atoms with Gasteiger partial charge in [-0.2, -0.15) is 0 Å². The van der Waals surface area contributed by atoms with Crippen molar-refractivity contribution < 1.29 is 80.2 Å². The van der Waals surface area contributed by atoms with Gasteiger partial charge in [-0.15, -0.1) is 0 Å². The molecule has 0 fully saturated rings. The van der Waals surface area contributed by atoms with Crippen molar-refractivity contribution in [2.45, 2.75) is 445 Å². The monoisotopic (exact) mass is 1500 g/mol. The smallest absolute Gasteiger partial charge is 0.462 e. The fourth-order valence-corrected chi connectivity index (χ4v) is 14.2. The van der Waals surface area contributed by atoms with E-state index in [1.165, 1.54) is 238 Å². The first-order chi connectivity index (χ1) is 50.0. The van der Waals surface area contributed by atoms with E-state index in [-0.39, 0.29) is 25.7 Å². The van der Waals surface area contributed by atoms with Crippen molar-refractivity contribution >= 4 is 39.5 Å². The number of phosphoric ester groups is 2. The largest absolute Gasteiger partial charge is 0.472 e. The van der Waals surface area contributed by atoms with Crippen LogP contribution in [0.3, 0.4) is 0 Å². The zero-order chi connectivity index (χ0) is 75.5. The first-order valence-electron chi connectivity index (χ1n) is 43.0. The average Bonchev–Trinajstić information content (AvgIpc) is 0.919. The Bertz CT molecular complexity index is 2060. The molecule has 608 valence electrons. The van der Waals surface area contributed by atoms with Crippen LogP contribution in [0.25, 0.3) is 0 Å². The topological polar surface area (TPSA) is 237 Å². The lowest BCUT2D eigenvalue weighted by Crippen LogP contribution is -2.30. The third-order valence-electron chi connectivity index (χ3n) is 19.2. The molecule has 0 spiro atoms. The molecule has 0 aliphatic heterocycles. The molecular weight excluding hydrogens is 1340 g/mol. The molecule has 5 atom stereocenters. The van der Waals surface area contributed by atoms with Crippen LogP contribution in [-0.4, -0.2) is 96.7 Å². The maximum Gasteiger partial charge on any atom is 0.472 e. The number of aliphatic hydroxyl groups is 1. The second-order valence-corrected chi connectivity index (χ2v) is 32.9. The lowest BCUT2D eigenvalue weighted by Gasteiger charge is -2.21. The first-order valence-corrected chi connectivity index (χ1v) is 45.9. The van der Waals surface area contributed by atoms with E-state index in [9.17, 15) is 43.2 Å². The SMILES string of the molecule is CCCCCC/C=C\C=C/CCCCCCCC(=O)O[C@H](COC(=O)CCCCCCCCCCCCCC)COP(=O)(O)OC[C@H](O)COP(=O)(O)OC[C@@H](COC(=O)CCCCCCCCCCCCCCCCC(C)C)OC(=O)CCCCCCCCCCCCCCCCCCCCC. The zero-order valence-electron chi connectivity index (χ0n) is 66.9. The minimum absolute atomic E-state index is 0.0858. The molecule has 2 unspecified atom stereocenters. The fourth-order valence-electron chi connectivity index (χ4n) is 12.6. The molecule has 0 heterocycles. The molecule has 0 radical (unpaired) electrons. The second kappa shape index (κ2) is 76.3. The molecule has 0 rings (SSSR count). The maximum absolute atomic E-state index is 13.1. The zero-order valence-corrected chi connectivity index (χ0v) is 68.7. The predicted molar refractivity (Wildman–Crippen MR) is 423 cm³/mol. The minimum atomic E-state index is -4.97. The summed E-state index contributed by atoms with van der Waals surface area (Å²) in [5.41, 5.74) is 0. The van der Waals surface area contributed by atoms with E-state index in [2.05, 4.69) is 58.9 Å². The van der Waals surface area contributed by atoms with Crippen molar-refractivity contribution in [3.8, 4) is 0 Å². The number of hydrogen-bond acceptors (Lipinski definition) is 15. The average molecular weight is 1500 g/mol. The van der Waals surface area contributed by atoms with Gasteiger partial charge in [0.15, 0.2) is 12.2 Å². The highest BCUT2D eigenvalue weighted by Crippen LogP contribution is 2.45. The number of aliphatic hydroxyl groups excluding tert-OH is 1. The third-order valence-corrected chi connectivity index (χ3v) is 21.1. The Morgan fingerprint density at radius 3 is 0.796 bits per heavy atom. The van der Waals surface area contributed by atoms with Crippen LogP contribution in [-0.2, 0) is 65.4 Å². The quantitative estimate of drug-likeness (QED) is 0.0169. The molecule has 3 N–H and O–H groups in total. The summed E-state index contributed by atoms with van der Waals surface area (Å²) >= 11 is 0. The molecule has 0 amide bonds. The first kappa shape index (κ1) is 101. The molecular formula is C84H160O17P2. The lowest BCUT2D eigenvalue weighted by molar-refractivity contribution is -0.161. The van der Waals surface area contributed by atoms with E-state index in [4.69, 9.17) is 37.0 Å². The van der Waals surface area contributed by atoms with Gasteiger partial charge >= 0.3 is 39.5 Å². The van der Waals surface area contributed by atoms with Gasteiger partial charge in [0.2, 0.25) is 0 Å². The van der Waals surface area contributed by atoms with Crippen LogP contribution in [0.4, 0.5) is 0 Å². The Labute approximate surface area is 631 Å². The maximum atomic E-state index is 13.1.